The molecule has 0 aliphatic heterocycles. The average molecular weight is 347 g/mol. The van der Waals surface area contributed by atoms with Gasteiger partial charge in [-0.25, -0.2) is 8.42 Å². The molecule has 0 bridgehead atoms. The summed E-state index contributed by atoms with van der Waals surface area (Å²) in [6.45, 7) is 4.45. The lowest BCUT2D eigenvalue weighted by Gasteiger charge is -2.17. The van der Waals surface area contributed by atoms with Gasteiger partial charge < -0.3 is 0 Å². The lowest BCUT2D eigenvalue weighted by Crippen LogP contribution is -2.29. The van der Waals surface area contributed by atoms with Crippen molar-refractivity contribution in [3.8, 4) is 0 Å². The second-order valence-corrected chi connectivity index (χ2v) is 8.65. The van der Waals surface area contributed by atoms with Crippen LogP contribution >= 0.6 is 38.9 Å². The molecule has 3 nitrogen and oxygen atoms in total. The van der Waals surface area contributed by atoms with E-state index in [1.165, 1.54) is 4.31 Å². The summed E-state index contributed by atoms with van der Waals surface area (Å²) in [5.41, 5.74) is 0. The van der Waals surface area contributed by atoms with Crippen LogP contribution in [0.3, 0.4) is 0 Å². The molecule has 1 heterocycles. The minimum atomic E-state index is -3.40. The maximum atomic E-state index is 12.1. The molecule has 16 heavy (non-hydrogen) atoms. The van der Waals surface area contributed by atoms with Gasteiger partial charge in [-0.15, -0.1) is 11.3 Å². The first kappa shape index (κ1) is 14.4. The fourth-order valence-electron chi connectivity index (χ4n) is 1.22. The van der Waals surface area contributed by atoms with Crippen molar-refractivity contribution in [2.75, 3.05) is 13.6 Å². The summed E-state index contributed by atoms with van der Waals surface area (Å²) in [5, 5.41) is 0. The van der Waals surface area contributed by atoms with E-state index in [2.05, 4.69) is 15.9 Å². The van der Waals surface area contributed by atoms with Crippen molar-refractivity contribution < 1.29 is 8.42 Å². The summed E-state index contributed by atoms with van der Waals surface area (Å²) in [5.74, 6) is 0.290. The SMILES string of the molecule is CC(C)CN(C)S(=O)(=O)c1cc(Br)c(Cl)s1. The van der Waals surface area contributed by atoms with E-state index in [-0.39, 0.29) is 4.21 Å². The van der Waals surface area contributed by atoms with Gasteiger partial charge in [-0.3, -0.25) is 0 Å². The number of rotatable bonds is 4. The highest BCUT2D eigenvalue weighted by atomic mass is 79.9. The monoisotopic (exact) mass is 345 g/mol. The molecule has 92 valence electrons. The first-order valence-electron chi connectivity index (χ1n) is 4.66. The van der Waals surface area contributed by atoms with Gasteiger partial charge in [0.2, 0.25) is 0 Å². The number of hydrogen-bond donors (Lipinski definition) is 0. The predicted molar refractivity (Wildman–Crippen MR) is 71.7 cm³/mol. The van der Waals surface area contributed by atoms with Gasteiger partial charge in [0.15, 0.2) is 0 Å². The average Bonchev–Trinajstić information content (AvgIpc) is 2.46. The van der Waals surface area contributed by atoms with Crippen molar-refractivity contribution in [3.63, 3.8) is 0 Å². The Balaban J connectivity index is 3.02. The van der Waals surface area contributed by atoms with Crippen LogP contribution in [0.15, 0.2) is 14.7 Å². The molecule has 1 aromatic heterocycles. The summed E-state index contributed by atoms with van der Waals surface area (Å²) in [6.07, 6.45) is 0. The Kier molecular flexibility index (Phi) is 4.83. The van der Waals surface area contributed by atoms with E-state index in [1.807, 2.05) is 13.8 Å². The molecule has 0 aliphatic carbocycles. The Hall–Kier alpha value is 0.380. The van der Waals surface area contributed by atoms with Crippen LogP contribution in [0.4, 0.5) is 0 Å². The molecule has 1 rings (SSSR count). The highest BCUT2D eigenvalue weighted by Crippen LogP contribution is 2.35. The van der Waals surface area contributed by atoms with Crippen LogP contribution in [0.5, 0.6) is 0 Å². The summed E-state index contributed by atoms with van der Waals surface area (Å²) >= 11 is 10.1. The van der Waals surface area contributed by atoms with Gasteiger partial charge in [-0.05, 0) is 27.9 Å². The van der Waals surface area contributed by atoms with E-state index in [9.17, 15) is 8.42 Å². The van der Waals surface area contributed by atoms with Crippen LogP contribution in [0, 0.1) is 5.92 Å². The van der Waals surface area contributed by atoms with E-state index < -0.39 is 10.0 Å². The van der Waals surface area contributed by atoms with Gasteiger partial charge in [0, 0.05) is 18.1 Å². The van der Waals surface area contributed by atoms with Crippen LogP contribution in [0.2, 0.25) is 4.34 Å². The van der Waals surface area contributed by atoms with Gasteiger partial charge in [-0.2, -0.15) is 4.31 Å². The van der Waals surface area contributed by atoms with E-state index in [4.69, 9.17) is 11.6 Å². The molecule has 0 amide bonds. The zero-order valence-corrected chi connectivity index (χ0v) is 13.2. The van der Waals surface area contributed by atoms with Crippen LogP contribution < -0.4 is 0 Å². The van der Waals surface area contributed by atoms with Gasteiger partial charge in [0.25, 0.3) is 10.0 Å². The molecule has 0 atom stereocenters. The summed E-state index contributed by atoms with van der Waals surface area (Å²) < 4.78 is 26.9. The van der Waals surface area contributed by atoms with Gasteiger partial charge >= 0.3 is 0 Å². The van der Waals surface area contributed by atoms with Gasteiger partial charge in [-0.1, -0.05) is 25.4 Å². The standard InChI is InChI=1S/C9H13BrClNO2S2/c1-6(2)5-12(3)16(13,14)8-4-7(10)9(11)15-8/h4,6H,5H2,1-3H3. The molecular formula is C9H13BrClNO2S2. The zero-order valence-electron chi connectivity index (χ0n) is 9.20. The van der Waals surface area contributed by atoms with Crippen molar-refractivity contribution in [2.24, 2.45) is 5.92 Å². The zero-order chi connectivity index (χ0) is 12.5. The smallest absolute Gasteiger partial charge is 0.206 e. The molecule has 0 fully saturated rings. The molecular weight excluding hydrogens is 334 g/mol. The van der Waals surface area contributed by atoms with E-state index in [0.717, 1.165) is 11.3 Å². The molecule has 0 unspecified atom stereocenters. The van der Waals surface area contributed by atoms with Gasteiger partial charge in [0.05, 0.1) is 0 Å². The number of halogens is 2. The summed E-state index contributed by atoms with van der Waals surface area (Å²) in [6, 6.07) is 1.54. The van der Waals surface area contributed by atoms with Crippen molar-refractivity contribution >= 4 is 48.9 Å². The van der Waals surface area contributed by atoms with Crippen molar-refractivity contribution in [3.05, 3.63) is 14.9 Å². The molecule has 0 saturated carbocycles. The Morgan fingerprint density at radius 2 is 2.12 bits per heavy atom. The largest absolute Gasteiger partial charge is 0.252 e. The number of sulfonamides is 1. The lowest BCUT2D eigenvalue weighted by molar-refractivity contribution is 0.418. The quantitative estimate of drug-likeness (QED) is 0.837. The van der Waals surface area contributed by atoms with Crippen LogP contribution in [-0.2, 0) is 10.0 Å². The molecule has 0 aromatic carbocycles. The second kappa shape index (κ2) is 5.35. The third-order valence-electron chi connectivity index (χ3n) is 1.91. The Morgan fingerprint density at radius 1 is 1.56 bits per heavy atom. The summed E-state index contributed by atoms with van der Waals surface area (Å²) in [7, 11) is -1.82. The van der Waals surface area contributed by atoms with Crippen LogP contribution in [0.25, 0.3) is 0 Å². The molecule has 0 saturated heterocycles. The molecule has 0 spiro atoms. The molecule has 0 radical (unpaired) electrons. The lowest BCUT2D eigenvalue weighted by atomic mass is 10.2. The number of nitrogens with zero attached hydrogens (tertiary/aromatic N) is 1. The number of thiophene rings is 1. The topological polar surface area (TPSA) is 37.4 Å². The highest BCUT2D eigenvalue weighted by molar-refractivity contribution is 9.10. The van der Waals surface area contributed by atoms with Gasteiger partial charge in [0.1, 0.15) is 8.55 Å². The third kappa shape index (κ3) is 3.20. The number of hydrogen-bond acceptors (Lipinski definition) is 3. The van der Waals surface area contributed by atoms with Crippen LogP contribution in [-0.4, -0.2) is 26.3 Å². The van der Waals surface area contributed by atoms with Crippen LogP contribution in [0.1, 0.15) is 13.8 Å². The molecule has 7 heteroatoms. The molecule has 1 aromatic rings. The Labute approximate surface area is 114 Å². The summed E-state index contributed by atoms with van der Waals surface area (Å²) in [4.78, 5) is 0. The van der Waals surface area contributed by atoms with E-state index in [0.29, 0.717) is 21.3 Å². The molecule has 0 aliphatic rings. The maximum Gasteiger partial charge on any atom is 0.252 e. The minimum absolute atomic E-state index is 0.271. The van der Waals surface area contributed by atoms with Crippen molar-refractivity contribution in [2.45, 2.75) is 18.1 Å². The minimum Gasteiger partial charge on any atom is -0.206 e. The third-order valence-corrected chi connectivity index (χ3v) is 6.66. The molecule has 0 N–H and O–H groups in total. The predicted octanol–water partition coefficient (Wildman–Crippen LogP) is 3.44. The highest BCUT2D eigenvalue weighted by Gasteiger charge is 2.24. The fourth-order valence-corrected chi connectivity index (χ4v) is 5.07. The first-order valence-corrected chi connectivity index (χ1v) is 8.09. The fraction of sp³-hybridized carbons (Fsp3) is 0.556. The Morgan fingerprint density at radius 3 is 2.50 bits per heavy atom. The Bertz CT molecular complexity index is 450. The first-order chi connectivity index (χ1) is 7.25. The van der Waals surface area contributed by atoms with E-state index in [1.54, 1.807) is 13.1 Å². The second-order valence-electron chi connectivity index (χ2n) is 3.87. The van der Waals surface area contributed by atoms with Crippen molar-refractivity contribution in [1.29, 1.82) is 0 Å². The van der Waals surface area contributed by atoms with Crippen molar-refractivity contribution in [1.82, 2.24) is 4.31 Å². The van der Waals surface area contributed by atoms with E-state index >= 15 is 0 Å². The normalized spacial score (nSPS) is 12.7. The maximum absolute atomic E-state index is 12.1.